The van der Waals surface area contributed by atoms with Crippen LogP contribution in [0.25, 0.3) is 0 Å². The van der Waals surface area contributed by atoms with Crippen LogP contribution in [0, 0.1) is 0 Å². The van der Waals surface area contributed by atoms with Crippen molar-refractivity contribution in [2.24, 2.45) is 0 Å². The molecule has 3 nitrogen and oxygen atoms in total. The second-order valence-electron chi connectivity index (χ2n) is 4.47. The van der Waals surface area contributed by atoms with E-state index >= 15 is 0 Å². The van der Waals surface area contributed by atoms with Crippen LogP contribution < -0.4 is 10.2 Å². The van der Waals surface area contributed by atoms with Crippen LogP contribution >= 0.6 is 0 Å². The van der Waals surface area contributed by atoms with Gasteiger partial charge in [0.2, 0.25) is 0 Å². The first-order valence-corrected chi connectivity index (χ1v) is 6.23. The topological polar surface area (TPSA) is 28.2 Å². The van der Waals surface area contributed by atoms with E-state index in [1.165, 1.54) is 30.6 Å². The Kier molecular flexibility index (Phi) is 3.78. The number of nitrogens with one attached hydrogen (secondary N) is 1. The molecule has 0 amide bonds. The van der Waals surface area contributed by atoms with Gasteiger partial charge in [0.1, 0.15) is 0 Å². The fraction of sp³-hybridized carbons (Fsp3) is 0.615. The molecule has 0 saturated carbocycles. The van der Waals surface area contributed by atoms with Crippen LogP contribution in [-0.4, -0.2) is 24.1 Å². The number of nitrogens with zero attached hydrogens (tertiary/aromatic N) is 2. The largest absolute Gasteiger partial charge is 0.367 e. The summed E-state index contributed by atoms with van der Waals surface area (Å²) in [5.74, 6) is 0. The highest BCUT2D eigenvalue weighted by molar-refractivity contribution is 5.53. The van der Waals surface area contributed by atoms with E-state index in [9.17, 15) is 0 Å². The molecular formula is C13H21N3. The van der Waals surface area contributed by atoms with Gasteiger partial charge in [-0.05, 0) is 37.9 Å². The van der Waals surface area contributed by atoms with E-state index in [4.69, 9.17) is 0 Å². The van der Waals surface area contributed by atoms with Gasteiger partial charge in [0.25, 0.3) is 0 Å². The monoisotopic (exact) mass is 219 g/mol. The molecule has 1 aromatic heterocycles. The molecule has 1 saturated heterocycles. The predicted octanol–water partition coefficient (Wildman–Crippen LogP) is 2.18. The van der Waals surface area contributed by atoms with Crippen LogP contribution in [0.4, 0.5) is 5.69 Å². The highest BCUT2D eigenvalue weighted by Crippen LogP contribution is 2.27. The Balaban J connectivity index is 2.18. The van der Waals surface area contributed by atoms with E-state index in [1.807, 2.05) is 12.4 Å². The molecule has 0 aromatic carbocycles. The number of rotatable bonds is 4. The van der Waals surface area contributed by atoms with Crippen molar-refractivity contribution in [1.29, 1.82) is 0 Å². The number of hydrogen-bond donors (Lipinski definition) is 1. The third-order valence-electron chi connectivity index (χ3n) is 3.32. The van der Waals surface area contributed by atoms with Crippen LogP contribution in [0.3, 0.4) is 0 Å². The minimum Gasteiger partial charge on any atom is -0.367 e. The van der Waals surface area contributed by atoms with Gasteiger partial charge in [-0.25, -0.2) is 0 Å². The standard InChI is InChI=1S/C13H21N3/c1-3-14-9-12-6-7-15-10-13(12)16-8-4-5-11(16)2/h6-7,10-11,14H,3-5,8-9H2,1-2H3. The van der Waals surface area contributed by atoms with Gasteiger partial charge >= 0.3 is 0 Å². The van der Waals surface area contributed by atoms with Gasteiger partial charge < -0.3 is 10.2 Å². The average Bonchev–Trinajstić information content (AvgIpc) is 2.73. The molecule has 1 aromatic rings. The Morgan fingerprint density at radius 3 is 3.12 bits per heavy atom. The number of anilines is 1. The van der Waals surface area contributed by atoms with Gasteiger partial charge in [-0.1, -0.05) is 6.92 Å². The highest BCUT2D eigenvalue weighted by Gasteiger charge is 2.22. The molecule has 1 aliphatic rings. The lowest BCUT2D eigenvalue weighted by Gasteiger charge is -2.26. The Morgan fingerprint density at radius 1 is 1.56 bits per heavy atom. The second kappa shape index (κ2) is 5.30. The van der Waals surface area contributed by atoms with Crippen LogP contribution in [-0.2, 0) is 6.54 Å². The van der Waals surface area contributed by atoms with Crippen molar-refractivity contribution in [2.75, 3.05) is 18.0 Å². The maximum Gasteiger partial charge on any atom is 0.0600 e. The van der Waals surface area contributed by atoms with Crippen molar-refractivity contribution in [3.05, 3.63) is 24.0 Å². The zero-order valence-corrected chi connectivity index (χ0v) is 10.2. The Morgan fingerprint density at radius 2 is 2.44 bits per heavy atom. The molecule has 1 unspecified atom stereocenters. The lowest BCUT2D eigenvalue weighted by atomic mass is 10.2. The third kappa shape index (κ3) is 2.35. The van der Waals surface area contributed by atoms with Crippen LogP contribution in [0.5, 0.6) is 0 Å². The number of aromatic nitrogens is 1. The molecule has 1 aliphatic heterocycles. The molecule has 3 heteroatoms. The summed E-state index contributed by atoms with van der Waals surface area (Å²) in [7, 11) is 0. The van der Waals surface area contributed by atoms with Gasteiger partial charge in [0.15, 0.2) is 0 Å². The number of hydrogen-bond acceptors (Lipinski definition) is 3. The van der Waals surface area contributed by atoms with Crippen molar-refractivity contribution < 1.29 is 0 Å². The van der Waals surface area contributed by atoms with Crippen molar-refractivity contribution in [1.82, 2.24) is 10.3 Å². The predicted molar refractivity (Wildman–Crippen MR) is 67.7 cm³/mol. The van der Waals surface area contributed by atoms with E-state index in [2.05, 4.69) is 35.1 Å². The Labute approximate surface area is 97.9 Å². The van der Waals surface area contributed by atoms with E-state index in [-0.39, 0.29) is 0 Å². The van der Waals surface area contributed by atoms with E-state index in [0.29, 0.717) is 6.04 Å². The molecule has 1 atom stereocenters. The van der Waals surface area contributed by atoms with Crippen molar-refractivity contribution in [3.63, 3.8) is 0 Å². The van der Waals surface area contributed by atoms with Gasteiger partial charge in [-0.3, -0.25) is 4.98 Å². The fourth-order valence-corrected chi connectivity index (χ4v) is 2.37. The van der Waals surface area contributed by atoms with Crippen molar-refractivity contribution in [2.45, 2.75) is 39.3 Å². The van der Waals surface area contributed by atoms with Crippen LogP contribution in [0.15, 0.2) is 18.5 Å². The molecule has 0 aliphatic carbocycles. The highest BCUT2D eigenvalue weighted by atomic mass is 15.2. The first kappa shape index (κ1) is 11.4. The smallest absolute Gasteiger partial charge is 0.0600 e. The zero-order chi connectivity index (χ0) is 11.4. The van der Waals surface area contributed by atoms with E-state index in [0.717, 1.165) is 13.1 Å². The lowest BCUT2D eigenvalue weighted by molar-refractivity contribution is 0.704. The summed E-state index contributed by atoms with van der Waals surface area (Å²) in [5.41, 5.74) is 2.68. The minimum absolute atomic E-state index is 0.657. The molecule has 16 heavy (non-hydrogen) atoms. The number of pyridine rings is 1. The molecular weight excluding hydrogens is 198 g/mol. The molecule has 0 radical (unpaired) electrons. The fourth-order valence-electron chi connectivity index (χ4n) is 2.37. The van der Waals surface area contributed by atoms with Crippen molar-refractivity contribution in [3.8, 4) is 0 Å². The second-order valence-corrected chi connectivity index (χ2v) is 4.47. The molecule has 2 heterocycles. The molecule has 0 spiro atoms. The molecule has 1 fully saturated rings. The van der Waals surface area contributed by atoms with Crippen molar-refractivity contribution >= 4 is 5.69 Å². The van der Waals surface area contributed by atoms with Gasteiger partial charge in [-0.2, -0.15) is 0 Å². The minimum atomic E-state index is 0.657. The summed E-state index contributed by atoms with van der Waals surface area (Å²) < 4.78 is 0. The van der Waals surface area contributed by atoms with Gasteiger partial charge in [-0.15, -0.1) is 0 Å². The quantitative estimate of drug-likeness (QED) is 0.841. The summed E-state index contributed by atoms with van der Waals surface area (Å²) in [5, 5.41) is 3.39. The normalized spacial score (nSPS) is 20.4. The summed E-state index contributed by atoms with van der Waals surface area (Å²) >= 11 is 0. The van der Waals surface area contributed by atoms with E-state index in [1.54, 1.807) is 0 Å². The third-order valence-corrected chi connectivity index (χ3v) is 3.32. The van der Waals surface area contributed by atoms with Gasteiger partial charge in [0.05, 0.1) is 11.9 Å². The lowest BCUT2D eigenvalue weighted by Crippen LogP contribution is -2.28. The molecule has 2 rings (SSSR count). The summed E-state index contributed by atoms with van der Waals surface area (Å²) in [6.45, 7) is 7.57. The van der Waals surface area contributed by atoms with Crippen LogP contribution in [0.2, 0.25) is 0 Å². The summed E-state index contributed by atoms with van der Waals surface area (Å²) in [6.07, 6.45) is 6.50. The molecule has 1 N–H and O–H groups in total. The zero-order valence-electron chi connectivity index (χ0n) is 10.2. The summed E-state index contributed by atoms with van der Waals surface area (Å²) in [4.78, 5) is 6.75. The van der Waals surface area contributed by atoms with Crippen LogP contribution in [0.1, 0.15) is 32.3 Å². The molecule has 0 bridgehead atoms. The van der Waals surface area contributed by atoms with Gasteiger partial charge in [0, 0.05) is 25.3 Å². The SMILES string of the molecule is CCNCc1ccncc1N1CCCC1C. The maximum absolute atomic E-state index is 4.26. The van der Waals surface area contributed by atoms with E-state index < -0.39 is 0 Å². The molecule has 88 valence electrons. The Hall–Kier alpha value is -1.09. The Bertz CT molecular complexity index is 338. The first-order chi connectivity index (χ1) is 7.83. The average molecular weight is 219 g/mol. The first-order valence-electron chi connectivity index (χ1n) is 6.23. The summed E-state index contributed by atoms with van der Waals surface area (Å²) in [6, 6.07) is 2.79. The maximum atomic E-state index is 4.26.